The number of fused-ring (bicyclic) bond motifs is 1. The molecule has 2 amide bonds. The Kier molecular flexibility index (Phi) is 4.31. The van der Waals surface area contributed by atoms with E-state index in [4.69, 9.17) is 0 Å². The SMILES string of the molecule is O=C(CCNC(=O)c1cccs1)Nc1nc2c(s1)CCC2. The number of nitrogens with zero attached hydrogens (tertiary/aromatic N) is 1. The van der Waals surface area contributed by atoms with E-state index in [0.717, 1.165) is 25.0 Å². The van der Waals surface area contributed by atoms with Gasteiger partial charge in [0, 0.05) is 17.8 Å². The van der Waals surface area contributed by atoms with Gasteiger partial charge in [0.15, 0.2) is 5.13 Å². The van der Waals surface area contributed by atoms with E-state index in [0.29, 0.717) is 16.6 Å². The van der Waals surface area contributed by atoms with Crippen LogP contribution in [0, 0.1) is 0 Å². The molecule has 0 saturated heterocycles. The zero-order chi connectivity index (χ0) is 14.7. The molecule has 0 aliphatic heterocycles. The lowest BCUT2D eigenvalue weighted by molar-refractivity contribution is -0.116. The highest BCUT2D eigenvalue weighted by molar-refractivity contribution is 7.16. The van der Waals surface area contributed by atoms with E-state index in [9.17, 15) is 9.59 Å². The van der Waals surface area contributed by atoms with Gasteiger partial charge in [-0.25, -0.2) is 4.98 Å². The van der Waals surface area contributed by atoms with Gasteiger partial charge in [-0.15, -0.1) is 22.7 Å². The van der Waals surface area contributed by atoms with E-state index in [2.05, 4.69) is 15.6 Å². The Morgan fingerprint density at radius 3 is 3.00 bits per heavy atom. The molecule has 0 bridgehead atoms. The number of thiophene rings is 1. The van der Waals surface area contributed by atoms with Gasteiger partial charge in [-0.3, -0.25) is 9.59 Å². The van der Waals surface area contributed by atoms with Gasteiger partial charge in [-0.2, -0.15) is 0 Å². The molecule has 0 radical (unpaired) electrons. The second kappa shape index (κ2) is 6.36. The number of rotatable bonds is 5. The first-order valence-corrected chi connectivity index (χ1v) is 8.52. The Morgan fingerprint density at radius 2 is 2.24 bits per heavy atom. The van der Waals surface area contributed by atoms with Gasteiger partial charge >= 0.3 is 0 Å². The minimum absolute atomic E-state index is 0.117. The summed E-state index contributed by atoms with van der Waals surface area (Å²) in [5, 5.41) is 8.06. The van der Waals surface area contributed by atoms with Gasteiger partial charge in [0.05, 0.1) is 10.6 Å². The summed E-state index contributed by atoms with van der Waals surface area (Å²) in [7, 11) is 0. The molecular weight excluding hydrogens is 306 g/mol. The van der Waals surface area contributed by atoms with E-state index >= 15 is 0 Å². The quantitative estimate of drug-likeness (QED) is 0.888. The third-order valence-electron chi connectivity index (χ3n) is 3.22. The fourth-order valence-corrected chi connectivity index (χ4v) is 3.92. The number of aryl methyl sites for hydroxylation is 2. The van der Waals surface area contributed by atoms with Crippen molar-refractivity contribution in [3.8, 4) is 0 Å². The molecule has 0 saturated carbocycles. The predicted octanol–water partition coefficient (Wildman–Crippen LogP) is 2.45. The number of carbonyl (C=O) groups excluding carboxylic acids is 2. The number of carbonyl (C=O) groups is 2. The molecule has 0 unspecified atom stereocenters. The molecule has 0 fully saturated rings. The first kappa shape index (κ1) is 14.2. The van der Waals surface area contributed by atoms with Gasteiger partial charge in [0.25, 0.3) is 5.91 Å². The van der Waals surface area contributed by atoms with Crippen molar-refractivity contribution in [3.63, 3.8) is 0 Å². The average molecular weight is 321 g/mol. The summed E-state index contributed by atoms with van der Waals surface area (Å²) in [5.74, 6) is -0.250. The Balaban J connectivity index is 1.43. The van der Waals surface area contributed by atoms with Crippen molar-refractivity contribution in [1.82, 2.24) is 10.3 Å². The summed E-state index contributed by atoms with van der Waals surface area (Å²) in [4.78, 5) is 29.9. The van der Waals surface area contributed by atoms with Crippen molar-refractivity contribution in [3.05, 3.63) is 33.0 Å². The fourth-order valence-electron chi connectivity index (χ4n) is 2.21. The van der Waals surface area contributed by atoms with Crippen molar-refractivity contribution in [2.24, 2.45) is 0 Å². The molecular formula is C14H15N3O2S2. The zero-order valence-corrected chi connectivity index (χ0v) is 13.0. The molecule has 110 valence electrons. The van der Waals surface area contributed by atoms with E-state index in [1.807, 2.05) is 11.4 Å². The molecule has 1 aliphatic carbocycles. The van der Waals surface area contributed by atoms with Crippen LogP contribution in [0.1, 0.15) is 33.1 Å². The van der Waals surface area contributed by atoms with Crippen LogP contribution in [-0.4, -0.2) is 23.3 Å². The largest absolute Gasteiger partial charge is 0.351 e. The van der Waals surface area contributed by atoms with Crippen molar-refractivity contribution < 1.29 is 9.59 Å². The maximum Gasteiger partial charge on any atom is 0.261 e. The predicted molar refractivity (Wildman–Crippen MR) is 84.0 cm³/mol. The van der Waals surface area contributed by atoms with E-state index in [1.165, 1.54) is 16.2 Å². The Bertz CT molecular complexity index is 628. The van der Waals surface area contributed by atoms with Crippen LogP contribution in [0.4, 0.5) is 5.13 Å². The summed E-state index contributed by atoms with van der Waals surface area (Å²) in [6.07, 6.45) is 3.50. The number of nitrogens with one attached hydrogen (secondary N) is 2. The molecule has 2 aromatic heterocycles. The lowest BCUT2D eigenvalue weighted by Crippen LogP contribution is -2.27. The number of amides is 2. The van der Waals surface area contributed by atoms with Crippen LogP contribution in [0.3, 0.4) is 0 Å². The number of hydrogen-bond acceptors (Lipinski definition) is 5. The van der Waals surface area contributed by atoms with E-state index in [-0.39, 0.29) is 18.2 Å². The molecule has 2 heterocycles. The molecule has 7 heteroatoms. The Labute approximate surface area is 130 Å². The van der Waals surface area contributed by atoms with Gasteiger partial charge in [0.1, 0.15) is 0 Å². The van der Waals surface area contributed by atoms with E-state index in [1.54, 1.807) is 17.4 Å². The molecule has 21 heavy (non-hydrogen) atoms. The summed E-state index contributed by atoms with van der Waals surface area (Å²) < 4.78 is 0. The Morgan fingerprint density at radius 1 is 1.33 bits per heavy atom. The molecule has 2 N–H and O–H groups in total. The number of anilines is 1. The van der Waals surface area contributed by atoms with Crippen LogP contribution in [0.25, 0.3) is 0 Å². The maximum atomic E-state index is 11.8. The maximum absolute atomic E-state index is 11.8. The molecule has 3 rings (SSSR count). The molecule has 5 nitrogen and oxygen atoms in total. The average Bonchev–Trinajstić information content (AvgIpc) is 3.14. The van der Waals surface area contributed by atoms with Crippen LogP contribution in [-0.2, 0) is 17.6 Å². The van der Waals surface area contributed by atoms with Crippen LogP contribution in [0.5, 0.6) is 0 Å². The number of aromatic nitrogens is 1. The summed E-state index contributed by atoms with van der Waals surface area (Å²) in [6.45, 7) is 0.327. The number of hydrogen-bond donors (Lipinski definition) is 2. The van der Waals surface area contributed by atoms with Gasteiger partial charge in [-0.1, -0.05) is 6.07 Å². The summed E-state index contributed by atoms with van der Waals surface area (Å²) in [6, 6.07) is 3.59. The lowest BCUT2D eigenvalue weighted by Gasteiger charge is -2.03. The smallest absolute Gasteiger partial charge is 0.261 e. The highest BCUT2D eigenvalue weighted by Crippen LogP contribution is 2.30. The Hall–Kier alpha value is -1.73. The zero-order valence-electron chi connectivity index (χ0n) is 11.3. The first-order valence-electron chi connectivity index (χ1n) is 6.82. The minimum atomic E-state index is -0.133. The first-order chi connectivity index (χ1) is 10.2. The summed E-state index contributed by atoms with van der Waals surface area (Å²) in [5.41, 5.74) is 1.13. The second-order valence-electron chi connectivity index (χ2n) is 4.77. The van der Waals surface area contributed by atoms with Crippen LogP contribution >= 0.6 is 22.7 Å². The normalized spacial score (nSPS) is 13.0. The molecule has 0 spiro atoms. The third kappa shape index (κ3) is 3.48. The molecule has 2 aromatic rings. The monoisotopic (exact) mass is 321 g/mol. The van der Waals surface area contributed by atoms with Gasteiger partial charge < -0.3 is 10.6 Å². The van der Waals surface area contributed by atoms with Crippen molar-refractivity contribution in [2.75, 3.05) is 11.9 Å². The highest BCUT2D eigenvalue weighted by Gasteiger charge is 2.17. The fraction of sp³-hybridized carbons (Fsp3) is 0.357. The summed E-state index contributed by atoms with van der Waals surface area (Å²) >= 11 is 2.94. The van der Waals surface area contributed by atoms with Crippen LogP contribution in [0.15, 0.2) is 17.5 Å². The number of thiazole rings is 1. The van der Waals surface area contributed by atoms with Gasteiger partial charge in [-0.05, 0) is 30.7 Å². The second-order valence-corrected chi connectivity index (χ2v) is 6.81. The minimum Gasteiger partial charge on any atom is -0.351 e. The highest BCUT2D eigenvalue weighted by atomic mass is 32.1. The van der Waals surface area contributed by atoms with Crippen molar-refractivity contribution >= 4 is 39.6 Å². The van der Waals surface area contributed by atoms with Crippen LogP contribution in [0.2, 0.25) is 0 Å². The van der Waals surface area contributed by atoms with Gasteiger partial charge in [0.2, 0.25) is 5.91 Å². The topological polar surface area (TPSA) is 71.1 Å². The molecule has 0 atom stereocenters. The standard InChI is InChI=1S/C14H15N3O2S2/c18-12(6-7-15-13(19)11-5-2-8-20-11)17-14-16-9-3-1-4-10(9)21-14/h2,5,8H,1,3-4,6-7H2,(H,15,19)(H,16,17,18). The third-order valence-corrected chi connectivity index (χ3v) is 5.17. The molecule has 0 aromatic carbocycles. The van der Waals surface area contributed by atoms with Crippen molar-refractivity contribution in [1.29, 1.82) is 0 Å². The van der Waals surface area contributed by atoms with Crippen LogP contribution < -0.4 is 10.6 Å². The lowest BCUT2D eigenvalue weighted by atomic mass is 10.3. The van der Waals surface area contributed by atoms with Crippen molar-refractivity contribution in [2.45, 2.75) is 25.7 Å². The molecule has 1 aliphatic rings. The van der Waals surface area contributed by atoms with E-state index < -0.39 is 0 Å².